The zero-order valence-electron chi connectivity index (χ0n) is 11.5. The van der Waals surface area contributed by atoms with E-state index in [9.17, 15) is 9.59 Å². The second-order valence-electron chi connectivity index (χ2n) is 4.73. The van der Waals surface area contributed by atoms with Crippen LogP contribution in [0, 0.1) is 0 Å². The maximum atomic E-state index is 12.5. The number of fused-ring (bicyclic) bond motifs is 1. The van der Waals surface area contributed by atoms with E-state index in [1.165, 1.54) is 4.57 Å². The van der Waals surface area contributed by atoms with Crippen molar-refractivity contribution in [2.24, 2.45) is 0 Å². The lowest BCUT2D eigenvalue weighted by Gasteiger charge is -2.04. The number of hydrogen-bond acceptors (Lipinski definition) is 4. The van der Waals surface area contributed by atoms with Crippen molar-refractivity contribution >= 4 is 38.9 Å². The van der Waals surface area contributed by atoms with Crippen LogP contribution in [0.15, 0.2) is 47.3 Å². The molecule has 0 bridgehead atoms. The third-order valence-corrected chi connectivity index (χ3v) is 4.64. The molecule has 0 saturated heterocycles. The number of carbonyl (C=O) groups is 1. The molecule has 0 aliphatic rings. The number of hydrogen-bond donors (Lipinski definition) is 1. The number of aromatic nitrogens is 1. The van der Waals surface area contributed by atoms with Crippen LogP contribution in [0.1, 0.15) is 15.9 Å². The Morgan fingerprint density at radius 2 is 2.00 bits per heavy atom. The number of carbonyl (C=O) groups excluding carboxylic acids is 1. The summed E-state index contributed by atoms with van der Waals surface area (Å²) in [4.78, 5) is 24.3. The van der Waals surface area contributed by atoms with Gasteiger partial charge in [-0.05, 0) is 30.3 Å². The average Bonchev–Trinajstić information content (AvgIpc) is 2.83. The van der Waals surface area contributed by atoms with Gasteiger partial charge in [-0.25, -0.2) is 0 Å². The second-order valence-corrected chi connectivity index (χ2v) is 6.14. The Hall–Kier alpha value is -1.95. The van der Waals surface area contributed by atoms with Gasteiger partial charge >= 0.3 is 4.87 Å². The van der Waals surface area contributed by atoms with Gasteiger partial charge in [-0.1, -0.05) is 35.1 Å². The summed E-state index contributed by atoms with van der Waals surface area (Å²) in [5.74, 6) is -0.179. The summed E-state index contributed by atoms with van der Waals surface area (Å²) in [6, 6.07) is 12.0. The van der Waals surface area contributed by atoms with Crippen LogP contribution in [-0.4, -0.2) is 22.1 Å². The standard InChI is InChI=1S/C16H12ClNO3S/c17-12-4-2-1-3-11(12)15(20)10-5-6-13-14(9-10)22-16(21)18(13)7-8-19/h1-6,9,19H,7-8H2. The van der Waals surface area contributed by atoms with Crippen molar-refractivity contribution < 1.29 is 9.90 Å². The van der Waals surface area contributed by atoms with Crippen LogP contribution < -0.4 is 4.87 Å². The molecule has 0 aliphatic carbocycles. The molecule has 3 aromatic rings. The fourth-order valence-electron chi connectivity index (χ4n) is 2.32. The molecule has 0 aliphatic heterocycles. The van der Waals surface area contributed by atoms with Gasteiger partial charge in [-0.3, -0.25) is 14.2 Å². The normalized spacial score (nSPS) is 11.0. The zero-order chi connectivity index (χ0) is 15.7. The molecule has 1 heterocycles. The van der Waals surface area contributed by atoms with Crippen LogP contribution in [0.2, 0.25) is 5.02 Å². The van der Waals surface area contributed by atoms with E-state index in [1.807, 2.05) is 0 Å². The summed E-state index contributed by atoms with van der Waals surface area (Å²) < 4.78 is 2.22. The van der Waals surface area contributed by atoms with Crippen molar-refractivity contribution in [1.82, 2.24) is 4.57 Å². The lowest BCUT2D eigenvalue weighted by atomic mass is 10.0. The topological polar surface area (TPSA) is 59.3 Å². The minimum absolute atomic E-state index is 0.105. The van der Waals surface area contributed by atoms with E-state index in [-0.39, 0.29) is 23.8 Å². The van der Waals surface area contributed by atoms with Crippen molar-refractivity contribution in [2.75, 3.05) is 6.61 Å². The molecule has 1 N–H and O–H groups in total. The lowest BCUT2D eigenvalue weighted by Crippen LogP contribution is -2.14. The van der Waals surface area contributed by atoms with Crippen molar-refractivity contribution in [3.8, 4) is 0 Å². The first kappa shape index (κ1) is 15.0. The smallest absolute Gasteiger partial charge is 0.308 e. The van der Waals surface area contributed by atoms with Crippen LogP contribution in [-0.2, 0) is 6.54 Å². The molecular formula is C16H12ClNO3S. The van der Waals surface area contributed by atoms with Gasteiger partial charge in [0.2, 0.25) is 0 Å². The first-order chi connectivity index (χ1) is 10.6. The minimum Gasteiger partial charge on any atom is -0.395 e. The van der Waals surface area contributed by atoms with E-state index in [1.54, 1.807) is 42.5 Å². The van der Waals surface area contributed by atoms with E-state index in [4.69, 9.17) is 16.7 Å². The number of aliphatic hydroxyl groups excluding tert-OH is 1. The maximum Gasteiger partial charge on any atom is 0.308 e. The van der Waals surface area contributed by atoms with Crippen LogP contribution in [0.5, 0.6) is 0 Å². The van der Waals surface area contributed by atoms with Gasteiger partial charge in [0.25, 0.3) is 0 Å². The summed E-state index contributed by atoms with van der Waals surface area (Å²) >= 11 is 7.12. The molecule has 2 aromatic carbocycles. The Labute approximate surface area is 135 Å². The Morgan fingerprint density at radius 3 is 2.73 bits per heavy atom. The van der Waals surface area contributed by atoms with Gasteiger partial charge in [0.15, 0.2) is 5.78 Å². The molecule has 6 heteroatoms. The van der Waals surface area contributed by atoms with Crippen LogP contribution >= 0.6 is 22.9 Å². The van der Waals surface area contributed by atoms with E-state index in [2.05, 4.69) is 0 Å². The minimum atomic E-state index is -0.179. The van der Waals surface area contributed by atoms with Gasteiger partial charge < -0.3 is 5.11 Å². The Balaban J connectivity index is 2.08. The third kappa shape index (κ3) is 2.59. The summed E-state index contributed by atoms with van der Waals surface area (Å²) in [6.45, 7) is 0.142. The highest BCUT2D eigenvalue weighted by Crippen LogP contribution is 2.23. The summed E-state index contributed by atoms with van der Waals surface area (Å²) in [7, 11) is 0. The number of nitrogens with zero attached hydrogens (tertiary/aromatic N) is 1. The summed E-state index contributed by atoms with van der Waals surface area (Å²) in [5.41, 5.74) is 1.64. The van der Waals surface area contributed by atoms with E-state index in [0.29, 0.717) is 16.1 Å². The first-order valence-electron chi connectivity index (χ1n) is 6.65. The van der Waals surface area contributed by atoms with Crippen molar-refractivity contribution in [1.29, 1.82) is 0 Å². The fraction of sp³-hybridized carbons (Fsp3) is 0.125. The van der Waals surface area contributed by atoms with Gasteiger partial charge in [0.05, 0.1) is 28.4 Å². The van der Waals surface area contributed by atoms with E-state index in [0.717, 1.165) is 21.6 Å². The molecule has 22 heavy (non-hydrogen) atoms. The molecule has 3 rings (SSSR count). The number of aliphatic hydroxyl groups is 1. The van der Waals surface area contributed by atoms with Crippen molar-refractivity contribution in [3.63, 3.8) is 0 Å². The fourth-order valence-corrected chi connectivity index (χ4v) is 3.50. The molecule has 0 atom stereocenters. The van der Waals surface area contributed by atoms with E-state index < -0.39 is 0 Å². The first-order valence-corrected chi connectivity index (χ1v) is 7.84. The van der Waals surface area contributed by atoms with Gasteiger partial charge in [0.1, 0.15) is 0 Å². The number of ketones is 1. The van der Waals surface area contributed by atoms with Gasteiger partial charge in [0, 0.05) is 11.1 Å². The Kier molecular flexibility index (Phi) is 4.11. The molecule has 0 saturated carbocycles. The molecule has 0 fully saturated rings. The maximum absolute atomic E-state index is 12.5. The molecule has 4 nitrogen and oxygen atoms in total. The average molecular weight is 334 g/mol. The Bertz CT molecular complexity index is 913. The highest BCUT2D eigenvalue weighted by atomic mass is 35.5. The zero-order valence-corrected chi connectivity index (χ0v) is 13.0. The van der Waals surface area contributed by atoms with Gasteiger partial charge in [-0.15, -0.1) is 0 Å². The molecular weight excluding hydrogens is 322 g/mol. The summed E-state index contributed by atoms with van der Waals surface area (Å²) in [5, 5.41) is 9.42. The predicted octanol–water partition coefficient (Wildman–Crippen LogP) is 2.94. The SMILES string of the molecule is O=C(c1ccc2c(c1)sc(=O)n2CCO)c1ccccc1Cl. The van der Waals surface area contributed by atoms with Crippen LogP contribution in [0.25, 0.3) is 10.2 Å². The highest BCUT2D eigenvalue weighted by molar-refractivity contribution is 7.16. The molecule has 112 valence electrons. The second kappa shape index (κ2) is 6.04. The van der Waals surface area contributed by atoms with Crippen molar-refractivity contribution in [3.05, 3.63) is 68.3 Å². The lowest BCUT2D eigenvalue weighted by molar-refractivity contribution is 0.103. The Morgan fingerprint density at radius 1 is 1.23 bits per heavy atom. The number of halogens is 1. The van der Waals surface area contributed by atoms with Crippen LogP contribution in [0.4, 0.5) is 0 Å². The quantitative estimate of drug-likeness (QED) is 0.747. The molecule has 1 aromatic heterocycles. The predicted molar refractivity (Wildman–Crippen MR) is 88.1 cm³/mol. The van der Waals surface area contributed by atoms with Crippen molar-refractivity contribution in [2.45, 2.75) is 6.54 Å². The summed E-state index contributed by atoms with van der Waals surface area (Å²) in [6.07, 6.45) is 0. The molecule has 0 amide bonds. The van der Waals surface area contributed by atoms with Crippen LogP contribution in [0.3, 0.4) is 0 Å². The molecule has 0 radical (unpaired) electrons. The molecule has 0 unspecified atom stereocenters. The third-order valence-electron chi connectivity index (χ3n) is 3.37. The molecule has 0 spiro atoms. The largest absolute Gasteiger partial charge is 0.395 e. The number of thiazole rings is 1. The number of rotatable bonds is 4. The van der Waals surface area contributed by atoms with Gasteiger partial charge in [-0.2, -0.15) is 0 Å². The number of benzene rings is 2. The highest BCUT2D eigenvalue weighted by Gasteiger charge is 2.15. The monoisotopic (exact) mass is 333 g/mol. The van der Waals surface area contributed by atoms with E-state index >= 15 is 0 Å².